The number of amides is 3. The molecular formula is C22H31N3O7. The maximum atomic E-state index is 12.5. The number of esters is 1. The van der Waals surface area contributed by atoms with Crippen molar-refractivity contribution in [2.24, 2.45) is 23.5 Å². The highest BCUT2D eigenvalue weighted by molar-refractivity contribution is 5.85. The fourth-order valence-corrected chi connectivity index (χ4v) is 3.71. The molecular weight excluding hydrogens is 418 g/mol. The Balaban J connectivity index is 2.21. The number of hydrogen-bond acceptors (Lipinski definition) is 6. The number of aliphatic carboxylic acids is 1. The minimum atomic E-state index is -1.39. The summed E-state index contributed by atoms with van der Waals surface area (Å²) in [6, 6.07) is 7.04. The molecule has 2 rings (SSSR count). The zero-order valence-corrected chi connectivity index (χ0v) is 18.7. The van der Waals surface area contributed by atoms with Gasteiger partial charge in [0, 0.05) is 19.0 Å². The molecule has 3 unspecified atom stereocenters. The number of nitrogens with two attached hydrogens (primary N) is 1. The zero-order chi connectivity index (χ0) is 24.1. The molecule has 176 valence electrons. The molecule has 1 saturated carbocycles. The highest BCUT2D eigenvalue weighted by Gasteiger charge is 2.62. The standard InChI is InChI=1S/C22H31N3O7/c1-5-31-19(28)16-14(12-25(20(23)29)11-13-9-7-6-8-10-13)15(16)17(18(26)27)24-21(30)32-22(2,3)4/h6-10,14-17H,5,11-12H2,1-4H3,(H2,23,29)(H,24,30)(H,26,27)/t14?,15?,16?,17-/m0/s1. The van der Waals surface area contributed by atoms with Crippen LogP contribution in [-0.2, 0) is 25.6 Å². The van der Waals surface area contributed by atoms with E-state index in [9.17, 15) is 24.3 Å². The van der Waals surface area contributed by atoms with Crippen LogP contribution in [0, 0.1) is 17.8 Å². The molecule has 32 heavy (non-hydrogen) atoms. The number of rotatable bonds is 9. The van der Waals surface area contributed by atoms with Gasteiger partial charge in [-0.25, -0.2) is 14.4 Å². The van der Waals surface area contributed by atoms with E-state index in [0.29, 0.717) is 0 Å². The Hall–Kier alpha value is -3.30. The first-order chi connectivity index (χ1) is 14.9. The van der Waals surface area contributed by atoms with Gasteiger partial charge in [-0.3, -0.25) is 4.79 Å². The van der Waals surface area contributed by atoms with Crippen molar-refractivity contribution < 1.29 is 33.8 Å². The van der Waals surface area contributed by atoms with Crippen LogP contribution in [0.4, 0.5) is 9.59 Å². The van der Waals surface area contributed by atoms with Crippen molar-refractivity contribution in [1.29, 1.82) is 0 Å². The Morgan fingerprint density at radius 3 is 2.31 bits per heavy atom. The molecule has 1 aliphatic rings. The maximum Gasteiger partial charge on any atom is 0.408 e. The van der Waals surface area contributed by atoms with E-state index in [1.54, 1.807) is 27.7 Å². The highest BCUT2D eigenvalue weighted by atomic mass is 16.6. The number of alkyl carbamates (subject to hydrolysis) is 1. The van der Waals surface area contributed by atoms with Crippen molar-refractivity contribution in [3.63, 3.8) is 0 Å². The Morgan fingerprint density at radius 2 is 1.81 bits per heavy atom. The van der Waals surface area contributed by atoms with Gasteiger partial charge in [0.25, 0.3) is 0 Å². The number of nitrogens with zero attached hydrogens (tertiary/aromatic N) is 1. The molecule has 0 heterocycles. The topological polar surface area (TPSA) is 148 Å². The van der Waals surface area contributed by atoms with Crippen LogP contribution in [0.15, 0.2) is 30.3 Å². The van der Waals surface area contributed by atoms with Crippen molar-refractivity contribution in [2.75, 3.05) is 13.2 Å². The molecule has 4 N–H and O–H groups in total. The average molecular weight is 450 g/mol. The first-order valence-electron chi connectivity index (χ1n) is 10.4. The third kappa shape index (κ3) is 6.86. The second kappa shape index (κ2) is 10.3. The summed E-state index contributed by atoms with van der Waals surface area (Å²) in [7, 11) is 0. The van der Waals surface area contributed by atoms with Crippen LogP contribution in [0.3, 0.4) is 0 Å². The number of hydrogen-bond donors (Lipinski definition) is 3. The van der Waals surface area contributed by atoms with Crippen LogP contribution in [0.1, 0.15) is 33.3 Å². The maximum absolute atomic E-state index is 12.5. The van der Waals surface area contributed by atoms with E-state index in [1.807, 2.05) is 30.3 Å². The van der Waals surface area contributed by atoms with Crippen LogP contribution in [-0.4, -0.2) is 58.9 Å². The van der Waals surface area contributed by atoms with E-state index in [4.69, 9.17) is 15.2 Å². The first-order valence-corrected chi connectivity index (χ1v) is 10.4. The summed E-state index contributed by atoms with van der Waals surface area (Å²) >= 11 is 0. The number of benzene rings is 1. The molecule has 1 aliphatic carbocycles. The number of carbonyl (C=O) groups is 4. The third-order valence-electron chi connectivity index (χ3n) is 5.07. The monoisotopic (exact) mass is 449 g/mol. The summed E-state index contributed by atoms with van der Waals surface area (Å²) in [6.07, 6.45) is -0.908. The van der Waals surface area contributed by atoms with E-state index in [-0.39, 0.29) is 19.7 Å². The van der Waals surface area contributed by atoms with Crippen LogP contribution >= 0.6 is 0 Å². The van der Waals surface area contributed by atoms with Gasteiger partial charge in [0.05, 0.1) is 12.5 Å². The van der Waals surface area contributed by atoms with E-state index >= 15 is 0 Å². The molecule has 1 aromatic rings. The number of ether oxygens (including phenoxy) is 2. The van der Waals surface area contributed by atoms with Crippen LogP contribution < -0.4 is 11.1 Å². The molecule has 0 aromatic heterocycles. The third-order valence-corrected chi connectivity index (χ3v) is 5.07. The largest absolute Gasteiger partial charge is 0.480 e. The summed E-state index contributed by atoms with van der Waals surface area (Å²) in [5, 5.41) is 12.1. The Kier molecular flexibility index (Phi) is 8.07. The van der Waals surface area contributed by atoms with Gasteiger partial charge in [-0.05, 0) is 39.2 Å². The molecule has 3 amide bonds. The van der Waals surface area contributed by atoms with E-state index in [1.165, 1.54) is 4.90 Å². The SMILES string of the molecule is CCOC(=O)C1C(CN(Cc2ccccc2)C(N)=O)C1[C@H](NC(=O)OC(C)(C)C)C(=O)O. The summed E-state index contributed by atoms with van der Waals surface area (Å²) < 4.78 is 10.3. The number of urea groups is 1. The molecule has 0 spiro atoms. The van der Waals surface area contributed by atoms with Gasteiger partial charge in [0.1, 0.15) is 11.6 Å². The van der Waals surface area contributed by atoms with Gasteiger partial charge in [-0.1, -0.05) is 30.3 Å². The van der Waals surface area contributed by atoms with Crippen molar-refractivity contribution in [3.05, 3.63) is 35.9 Å². The average Bonchev–Trinajstić information content (AvgIpc) is 3.38. The molecule has 1 fully saturated rings. The highest BCUT2D eigenvalue weighted by Crippen LogP contribution is 2.50. The van der Waals surface area contributed by atoms with E-state index in [0.717, 1.165) is 5.56 Å². The van der Waals surface area contributed by atoms with Gasteiger partial charge in [-0.15, -0.1) is 0 Å². The summed E-state index contributed by atoms with van der Waals surface area (Å²) in [5.41, 5.74) is 5.54. The number of primary amides is 1. The van der Waals surface area contributed by atoms with E-state index in [2.05, 4.69) is 5.32 Å². The van der Waals surface area contributed by atoms with Gasteiger partial charge in [0.2, 0.25) is 0 Å². The van der Waals surface area contributed by atoms with Crippen molar-refractivity contribution in [3.8, 4) is 0 Å². The predicted octanol–water partition coefficient (Wildman–Crippen LogP) is 1.97. The molecule has 1 aromatic carbocycles. The smallest absolute Gasteiger partial charge is 0.408 e. The van der Waals surface area contributed by atoms with Crippen LogP contribution in [0.5, 0.6) is 0 Å². The molecule has 10 nitrogen and oxygen atoms in total. The normalized spacial score (nSPS) is 20.6. The summed E-state index contributed by atoms with van der Waals surface area (Å²) in [6.45, 7) is 6.96. The number of carbonyl (C=O) groups excluding carboxylic acids is 3. The molecule has 0 aliphatic heterocycles. The minimum absolute atomic E-state index is 0.0398. The van der Waals surface area contributed by atoms with Gasteiger partial charge < -0.3 is 30.5 Å². The van der Waals surface area contributed by atoms with Crippen LogP contribution in [0.25, 0.3) is 0 Å². The lowest BCUT2D eigenvalue weighted by Gasteiger charge is -2.23. The van der Waals surface area contributed by atoms with E-state index < -0.39 is 53.5 Å². The lowest BCUT2D eigenvalue weighted by Crippen LogP contribution is -2.46. The summed E-state index contributed by atoms with van der Waals surface area (Å²) in [4.78, 5) is 50.0. The Morgan fingerprint density at radius 1 is 1.19 bits per heavy atom. The molecule has 0 radical (unpaired) electrons. The van der Waals surface area contributed by atoms with Crippen molar-refractivity contribution in [1.82, 2.24) is 10.2 Å². The number of carboxylic acid groups (broad SMARTS) is 1. The lowest BCUT2D eigenvalue weighted by atomic mass is 10.1. The molecule has 10 heteroatoms. The second-order valence-corrected chi connectivity index (χ2v) is 8.69. The van der Waals surface area contributed by atoms with Crippen molar-refractivity contribution >= 4 is 24.1 Å². The Bertz CT molecular complexity index is 838. The van der Waals surface area contributed by atoms with Crippen molar-refractivity contribution in [2.45, 2.75) is 45.9 Å². The first kappa shape index (κ1) is 25.0. The number of carboxylic acids is 1. The lowest BCUT2D eigenvalue weighted by molar-refractivity contribution is -0.145. The van der Waals surface area contributed by atoms with Gasteiger partial charge in [-0.2, -0.15) is 0 Å². The van der Waals surface area contributed by atoms with Crippen LogP contribution in [0.2, 0.25) is 0 Å². The quantitative estimate of drug-likeness (QED) is 0.488. The second-order valence-electron chi connectivity index (χ2n) is 8.69. The number of nitrogens with one attached hydrogen (secondary N) is 1. The molecule has 0 saturated heterocycles. The minimum Gasteiger partial charge on any atom is -0.480 e. The summed E-state index contributed by atoms with van der Waals surface area (Å²) in [5.74, 6) is -4.03. The molecule has 4 atom stereocenters. The molecule has 0 bridgehead atoms. The van der Waals surface area contributed by atoms with Gasteiger partial charge in [0.15, 0.2) is 0 Å². The zero-order valence-electron chi connectivity index (χ0n) is 18.7. The Labute approximate surface area is 187 Å². The predicted molar refractivity (Wildman–Crippen MR) is 114 cm³/mol. The fraction of sp³-hybridized carbons (Fsp3) is 0.545. The fourth-order valence-electron chi connectivity index (χ4n) is 3.71. The van der Waals surface area contributed by atoms with Gasteiger partial charge >= 0.3 is 24.1 Å².